The Morgan fingerprint density at radius 1 is 0.879 bits per heavy atom. The maximum absolute atomic E-state index is 14.0. The van der Waals surface area contributed by atoms with Crippen molar-refractivity contribution in [2.75, 3.05) is 0 Å². The molecule has 0 aromatic carbocycles. The van der Waals surface area contributed by atoms with Crippen LogP contribution in [0.4, 0.5) is 26.3 Å². The van der Waals surface area contributed by atoms with E-state index in [9.17, 15) is 26.3 Å². The first-order valence-electron chi connectivity index (χ1n) is 11.2. The Morgan fingerprint density at radius 3 is 2.00 bits per heavy atom. The van der Waals surface area contributed by atoms with Crippen molar-refractivity contribution in [2.24, 2.45) is 5.92 Å². The number of hydrogen-bond acceptors (Lipinski definition) is 2. The molecule has 2 aromatic rings. The summed E-state index contributed by atoms with van der Waals surface area (Å²) in [5.41, 5.74) is -0.157. The molecular weight excluding hydrogens is 446 g/mol. The van der Waals surface area contributed by atoms with Gasteiger partial charge in [-0.2, -0.15) is 27.8 Å². The molecule has 3 aliphatic rings. The molecule has 1 saturated carbocycles. The van der Waals surface area contributed by atoms with E-state index in [1.165, 1.54) is 11.6 Å². The molecule has 4 nitrogen and oxygen atoms in total. The predicted octanol–water partition coefficient (Wildman–Crippen LogP) is 6.91. The van der Waals surface area contributed by atoms with E-state index in [1.54, 1.807) is 20.8 Å². The fourth-order valence-corrected chi connectivity index (χ4v) is 5.15. The van der Waals surface area contributed by atoms with Gasteiger partial charge in [0.1, 0.15) is 11.4 Å². The molecule has 2 heterocycles. The van der Waals surface area contributed by atoms with Gasteiger partial charge >= 0.3 is 0 Å². The summed E-state index contributed by atoms with van der Waals surface area (Å²) in [5, 5.41) is 8.15. The number of halogens is 6. The first-order chi connectivity index (χ1) is 14.9. The van der Waals surface area contributed by atoms with E-state index in [4.69, 9.17) is 0 Å². The van der Waals surface area contributed by atoms with Gasteiger partial charge in [0.2, 0.25) is 0 Å². The minimum Gasteiger partial charge on any atom is -0.260 e. The molecule has 0 saturated heterocycles. The Kier molecular flexibility index (Phi) is 5.13. The average molecular weight is 477 g/mol. The van der Waals surface area contributed by atoms with Gasteiger partial charge in [0.15, 0.2) is 0 Å². The van der Waals surface area contributed by atoms with E-state index in [0.29, 0.717) is 6.42 Å². The summed E-state index contributed by atoms with van der Waals surface area (Å²) in [7, 11) is 0. The molecular formula is C23H30F6N4. The van der Waals surface area contributed by atoms with Crippen LogP contribution >= 0.6 is 0 Å². The number of alkyl halides is 6. The lowest BCUT2D eigenvalue weighted by Gasteiger charge is -2.32. The third kappa shape index (κ3) is 3.58. The van der Waals surface area contributed by atoms with Crippen LogP contribution in [-0.4, -0.2) is 19.6 Å². The lowest BCUT2D eigenvalue weighted by atomic mass is 9.88. The van der Waals surface area contributed by atoms with Crippen molar-refractivity contribution in [1.29, 1.82) is 0 Å². The molecule has 184 valence electrons. The van der Waals surface area contributed by atoms with E-state index < -0.39 is 53.3 Å². The van der Waals surface area contributed by atoms with Crippen LogP contribution in [0.3, 0.4) is 0 Å². The maximum atomic E-state index is 14.0. The largest absolute Gasteiger partial charge is 0.293 e. The van der Waals surface area contributed by atoms with Crippen LogP contribution in [0.1, 0.15) is 99.7 Å². The molecule has 2 aromatic heterocycles. The van der Waals surface area contributed by atoms with Crippen LogP contribution in [0.25, 0.3) is 0 Å². The predicted molar refractivity (Wildman–Crippen MR) is 111 cm³/mol. The molecule has 5 rings (SSSR count). The minimum absolute atomic E-state index is 0.00991. The molecule has 33 heavy (non-hydrogen) atoms. The van der Waals surface area contributed by atoms with Crippen molar-refractivity contribution in [2.45, 2.75) is 103 Å². The number of fused-ring (bicyclic) bond motifs is 4. The molecule has 0 N–H and O–H groups in total. The summed E-state index contributed by atoms with van der Waals surface area (Å²) in [6, 6.07) is 0.0100. The number of aromatic nitrogens is 4. The fraction of sp³-hybridized carbons (Fsp3) is 0.739. The van der Waals surface area contributed by atoms with E-state index >= 15 is 0 Å². The zero-order chi connectivity index (χ0) is 24.9. The van der Waals surface area contributed by atoms with Crippen LogP contribution in [-0.2, 0) is 23.3 Å². The SMILES string of the molecule is Cc1nn(C(C)(C)C)c2c1C(F)(F)CCC2(F)F.Cc1nn(C(C)C)c2c1C1CC1C2(F)F. The van der Waals surface area contributed by atoms with Crippen molar-refractivity contribution >= 4 is 0 Å². The summed E-state index contributed by atoms with van der Waals surface area (Å²) in [4.78, 5) is 0. The highest BCUT2D eigenvalue weighted by molar-refractivity contribution is 5.45. The number of nitrogens with zero attached hydrogens (tertiary/aromatic N) is 4. The van der Waals surface area contributed by atoms with E-state index in [2.05, 4.69) is 10.2 Å². The Labute approximate surface area is 189 Å². The Balaban J connectivity index is 0.000000159. The van der Waals surface area contributed by atoms with Gasteiger partial charge < -0.3 is 0 Å². The fourth-order valence-electron chi connectivity index (χ4n) is 5.15. The zero-order valence-electron chi connectivity index (χ0n) is 19.9. The van der Waals surface area contributed by atoms with Gasteiger partial charge in [-0.15, -0.1) is 0 Å². The second kappa shape index (κ2) is 7.01. The van der Waals surface area contributed by atoms with E-state index in [-0.39, 0.29) is 23.3 Å². The standard InChI is InChI=1S/C12H16F4N2.C11H14F2N2/c1-7-8-9(18(17-7)10(2,3)4)12(15,16)6-5-11(8,13)14;1-5(2)15-10-9(6(3)14-15)7-4-8(7)11(10,12)13/h5-6H2,1-4H3;5,7-8H,4H2,1-3H3. The highest BCUT2D eigenvalue weighted by Crippen LogP contribution is 2.67. The summed E-state index contributed by atoms with van der Waals surface area (Å²) >= 11 is 0. The molecule has 0 bridgehead atoms. The molecule has 0 radical (unpaired) electrons. The lowest BCUT2D eigenvalue weighted by molar-refractivity contribution is -0.102. The smallest absolute Gasteiger partial charge is 0.260 e. The normalized spacial score (nSPS) is 25.8. The molecule has 0 spiro atoms. The van der Waals surface area contributed by atoms with Gasteiger partial charge in [0, 0.05) is 30.4 Å². The molecule has 3 aliphatic carbocycles. The van der Waals surface area contributed by atoms with Gasteiger partial charge in [0.25, 0.3) is 17.8 Å². The summed E-state index contributed by atoms with van der Waals surface area (Å²) < 4.78 is 86.0. The van der Waals surface area contributed by atoms with E-state index in [1.807, 2.05) is 20.8 Å². The summed E-state index contributed by atoms with van der Waals surface area (Å²) in [5.74, 6) is -9.46. The van der Waals surface area contributed by atoms with Gasteiger partial charge in [-0.05, 0) is 60.8 Å². The third-order valence-electron chi connectivity index (χ3n) is 6.72. The Bertz CT molecular complexity index is 1090. The van der Waals surface area contributed by atoms with Gasteiger partial charge in [-0.1, -0.05) is 0 Å². The number of hydrogen-bond donors (Lipinski definition) is 0. The second-order valence-electron chi connectivity index (χ2n) is 10.8. The third-order valence-corrected chi connectivity index (χ3v) is 6.72. The summed E-state index contributed by atoms with van der Waals surface area (Å²) in [6.07, 6.45) is -1.03. The molecule has 1 fully saturated rings. The highest BCUT2D eigenvalue weighted by atomic mass is 19.3. The molecule has 2 unspecified atom stereocenters. The minimum atomic E-state index is -3.24. The Morgan fingerprint density at radius 2 is 1.45 bits per heavy atom. The maximum Gasteiger partial charge on any atom is 0.293 e. The van der Waals surface area contributed by atoms with Gasteiger partial charge in [0.05, 0.1) is 22.5 Å². The van der Waals surface area contributed by atoms with Gasteiger partial charge in [-0.25, -0.2) is 8.78 Å². The van der Waals surface area contributed by atoms with Crippen molar-refractivity contribution < 1.29 is 26.3 Å². The first-order valence-corrected chi connectivity index (χ1v) is 11.2. The first kappa shape index (κ1) is 24.1. The van der Waals surface area contributed by atoms with E-state index in [0.717, 1.165) is 15.9 Å². The van der Waals surface area contributed by atoms with Crippen LogP contribution in [0.5, 0.6) is 0 Å². The Hall–Kier alpha value is -2.00. The van der Waals surface area contributed by atoms with Crippen molar-refractivity contribution in [3.8, 4) is 0 Å². The highest BCUT2D eigenvalue weighted by Gasteiger charge is 2.66. The number of aryl methyl sites for hydroxylation is 2. The van der Waals surface area contributed by atoms with Crippen LogP contribution in [0.15, 0.2) is 0 Å². The summed E-state index contributed by atoms with van der Waals surface area (Å²) in [6.45, 7) is 12.0. The van der Waals surface area contributed by atoms with Crippen LogP contribution in [0, 0.1) is 19.8 Å². The zero-order valence-corrected chi connectivity index (χ0v) is 19.9. The van der Waals surface area contributed by atoms with Crippen molar-refractivity contribution in [3.05, 3.63) is 33.9 Å². The monoisotopic (exact) mass is 476 g/mol. The van der Waals surface area contributed by atoms with Gasteiger partial charge in [-0.3, -0.25) is 9.36 Å². The molecule has 0 aliphatic heterocycles. The van der Waals surface area contributed by atoms with Crippen LogP contribution < -0.4 is 0 Å². The van der Waals surface area contributed by atoms with Crippen molar-refractivity contribution in [3.63, 3.8) is 0 Å². The quantitative estimate of drug-likeness (QED) is 0.420. The topological polar surface area (TPSA) is 35.6 Å². The molecule has 0 amide bonds. The number of rotatable bonds is 1. The van der Waals surface area contributed by atoms with Crippen molar-refractivity contribution in [1.82, 2.24) is 19.6 Å². The molecule has 2 atom stereocenters. The lowest BCUT2D eigenvalue weighted by Crippen LogP contribution is -2.36. The van der Waals surface area contributed by atoms with Crippen LogP contribution in [0.2, 0.25) is 0 Å². The second-order valence-corrected chi connectivity index (χ2v) is 10.8. The average Bonchev–Trinajstić information content (AvgIpc) is 3.15. The molecule has 10 heteroatoms.